The maximum atomic E-state index is 14.0. The number of fused-ring (bicyclic) bond motifs is 1. The molecule has 5 rings (SSSR count). The van der Waals surface area contributed by atoms with Crippen molar-refractivity contribution in [2.45, 2.75) is 13.5 Å². The van der Waals surface area contributed by atoms with E-state index in [1.165, 1.54) is 6.20 Å². The van der Waals surface area contributed by atoms with Gasteiger partial charge in [-0.3, -0.25) is 4.79 Å². The van der Waals surface area contributed by atoms with Gasteiger partial charge in [-0.1, -0.05) is 35.5 Å². The molecule has 0 radical (unpaired) electrons. The molecule has 5 aromatic rings. The lowest BCUT2D eigenvalue weighted by atomic mass is 10.0. The second-order valence-electron chi connectivity index (χ2n) is 7.57. The van der Waals surface area contributed by atoms with Gasteiger partial charge >= 0.3 is 0 Å². The molecule has 2 aromatic heterocycles. The minimum absolute atomic E-state index is 0.0502. The highest BCUT2D eigenvalue weighted by Crippen LogP contribution is 2.30. The fourth-order valence-corrected chi connectivity index (χ4v) is 3.62. The van der Waals surface area contributed by atoms with Gasteiger partial charge in [-0.25, -0.2) is 17.9 Å². The molecular weight excluding hydrogens is 447 g/mol. The highest BCUT2D eigenvalue weighted by Gasteiger charge is 2.20. The molecule has 0 bridgehead atoms. The van der Waals surface area contributed by atoms with Crippen LogP contribution in [-0.2, 0) is 6.61 Å². The van der Waals surface area contributed by atoms with Crippen molar-refractivity contribution in [3.05, 3.63) is 107 Å². The van der Waals surface area contributed by atoms with Crippen LogP contribution in [0.1, 0.15) is 27.4 Å². The van der Waals surface area contributed by atoms with Crippen molar-refractivity contribution in [2.75, 3.05) is 0 Å². The summed E-state index contributed by atoms with van der Waals surface area (Å²) in [7, 11) is 0. The fraction of sp³-hybridized carbons (Fsp3) is 0.0800. The molecule has 0 N–H and O–H groups in total. The van der Waals surface area contributed by atoms with Crippen LogP contribution in [0.15, 0.2) is 71.3 Å². The molecule has 2 heterocycles. The van der Waals surface area contributed by atoms with Crippen molar-refractivity contribution in [2.24, 2.45) is 0 Å². The van der Waals surface area contributed by atoms with Crippen molar-refractivity contribution < 1.29 is 27.1 Å². The normalized spacial score (nSPS) is 11.2. The van der Waals surface area contributed by atoms with E-state index >= 15 is 0 Å². The Morgan fingerprint density at radius 3 is 2.50 bits per heavy atom. The minimum Gasteiger partial charge on any atom is -0.487 e. The number of carbonyl (C=O) groups excluding carboxylic acids is 1. The lowest BCUT2D eigenvalue weighted by Crippen LogP contribution is -2.03. The van der Waals surface area contributed by atoms with Crippen molar-refractivity contribution in [1.29, 1.82) is 0 Å². The number of ketones is 1. The summed E-state index contributed by atoms with van der Waals surface area (Å²) < 4.78 is 53.5. The smallest absolute Gasteiger partial charge is 0.228 e. The van der Waals surface area contributed by atoms with E-state index in [0.717, 1.165) is 15.6 Å². The van der Waals surface area contributed by atoms with Gasteiger partial charge in [-0.05, 0) is 19.1 Å². The Balaban J connectivity index is 1.35. The highest BCUT2D eigenvalue weighted by atomic mass is 19.1. The molecule has 0 amide bonds. The van der Waals surface area contributed by atoms with E-state index in [0.29, 0.717) is 34.7 Å². The zero-order valence-electron chi connectivity index (χ0n) is 17.8. The van der Waals surface area contributed by atoms with E-state index < -0.39 is 23.1 Å². The van der Waals surface area contributed by atoms with Crippen molar-refractivity contribution in [3.63, 3.8) is 0 Å². The van der Waals surface area contributed by atoms with Gasteiger partial charge in [-0.15, -0.1) is 5.10 Å². The fourth-order valence-electron chi connectivity index (χ4n) is 3.62. The number of carbonyl (C=O) groups is 1. The Bertz CT molecular complexity index is 1500. The summed E-state index contributed by atoms with van der Waals surface area (Å²) in [5, 5.41) is 8.31. The molecule has 0 spiro atoms. The molecule has 0 unspecified atom stereocenters. The zero-order valence-corrected chi connectivity index (χ0v) is 17.8. The van der Waals surface area contributed by atoms with Crippen molar-refractivity contribution >= 4 is 16.8 Å². The minimum atomic E-state index is -1.10. The van der Waals surface area contributed by atoms with Gasteiger partial charge in [0.15, 0.2) is 17.4 Å². The maximum absolute atomic E-state index is 14.0. The summed E-state index contributed by atoms with van der Waals surface area (Å²) in [6.45, 7) is 1.76. The summed E-state index contributed by atoms with van der Waals surface area (Å²) in [5.41, 5.74) is 1.48. The van der Waals surface area contributed by atoms with Crippen molar-refractivity contribution in [3.8, 4) is 11.4 Å². The van der Waals surface area contributed by atoms with Crippen LogP contribution in [0.25, 0.3) is 16.7 Å². The van der Waals surface area contributed by atoms with Gasteiger partial charge < -0.3 is 9.15 Å². The van der Waals surface area contributed by atoms with Gasteiger partial charge in [0.05, 0.1) is 6.20 Å². The number of aromatic nitrogens is 3. The SMILES string of the molecule is Cc1c(C(=O)c2ccccc2)oc2cc(OCc3cn(-c4c(F)cc(F)cc4F)nn3)ccc12. The molecule has 0 aliphatic heterocycles. The first-order valence-electron chi connectivity index (χ1n) is 10.2. The number of rotatable bonds is 6. The third-order valence-corrected chi connectivity index (χ3v) is 5.29. The molecule has 0 saturated heterocycles. The molecule has 0 fully saturated rings. The third-order valence-electron chi connectivity index (χ3n) is 5.29. The standard InChI is InChI=1S/C25H16F3N3O3/c1-14-19-8-7-18(11-22(19)34-25(14)24(32)15-5-3-2-4-6-15)33-13-17-12-31(30-29-17)23-20(27)9-16(26)10-21(23)28/h2-12H,13H2,1H3. The predicted octanol–water partition coefficient (Wildman–Crippen LogP) is 5.55. The molecule has 0 aliphatic carbocycles. The predicted molar refractivity (Wildman–Crippen MR) is 116 cm³/mol. The van der Waals surface area contributed by atoms with Gasteiger partial charge in [0.2, 0.25) is 5.78 Å². The van der Waals surface area contributed by atoms with Crippen LogP contribution in [0.2, 0.25) is 0 Å². The first-order valence-corrected chi connectivity index (χ1v) is 10.2. The molecular formula is C25H16F3N3O3. The number of halogens is 3. The molecule has 3 aromatic carbocycles. The Hall–Kier alpha value is -4.40. The quantitative estimate of drug-likeness (QED) is 0.309. The lowest BCUT2D eigenvalue weighted by Gasteiger charge is -2.04. The number of hydrogen-bond donors (Lipinski definition) is 0. The van der Waals surface area contributed by atoms with Crippen LogP contribution in [0.4, 0.5) is 13.2 Å². The summed E-state index contributed by atoms with van der Waals surface area (Å²) in [6.07, 6.45) is 1.28. The van der Waals surface area contributed by atoms with E-state index in [2.05, 4.69) is 10.3 Å². The second-order valence-corrected chi connectivity index (χ2v) is 7.57. The maximum Gasteiger partial charge on any atom is 0.228 e. The second kappa shape index (κ2) is 8.51. The molecule has 0 saturated carbocycles. The summed E-state index contributed by atoms with van der Waals surface area (Å²) in [4.78, 5) is 12.8. The van der Waals surface area contributed by atoms with Gasteiger partial charge in [0, 0.05) is 34.7 Å². The Kier molecular flexibility index (Phi) is 5.37. The summed E-state index contributed by atoms with van der Waals surface area (Å²) in [5.74, 6) is -2.75. The van der Waals surface area contributed by atoms with E-state index in [9.17, 15) is 18.0 Å². The highest BCUT2D eigenvalue weighted by molar-refractivity contribution is 6.10. The van der Waals surface area contributed by atoms with Crippen LogP contribution in [0.5, 0.6) is 5.75 Å². The molecule has 34 heavy (non-hydrogen) atoms. The number of nitrogens with zero attached hydrogens (tertiary/aromatic N) is 3. The molecule has 0 atom stereocenters. The number of ether oxygens (including phenoxy) is 1. The van der Waals surface area contributed by atoms with Gasteiger partial charge in [-0.2, -0.15) is 0 Å². The van der Waals surface area contributed by atoms with E-state index in [4.69, 9.17) is 9.15 Å². The number of furan rings is 1. The largest absolute Gasteiger partial charge is 0.487 e. The summed E-state index contributed by atoms with van der Waals surface area (Å²) >= 11 is 0. The van der Waals surface area contributed by atoms with Crippen molar-refractivity contribution in [1.82, 2.24) is 15.0 Å². The average molecular weight is 463 g/mol. The number of benzene rings is 3. The van der Waals surface area contributed by atoms with Gasteiger partial charge in [0.1, 0.15) is 35.1 Å². The number of hydrogen-bond acceptors (Lipinski definition) is 5. The molecule has 6 nitrogen and oxygen atoms in total. The Morgan fingerprint density at radius 1 is 1.03 bits per heavy atom. The van der Waals surface area contributed by atoms with E-state index in [1.54, 1.807) is 42.5 Å². The van der Waals surface area contributed by atoms with Crippen LogP contribution in [0, 0.1) is 24.4 Å². The average Bonchev–Trinajstić information content (AvgIpc) is 3.41. The Morgan fingerprint density at radius 2 is 1.76 bits per heavy atom. The van der Waals surface area contributed by atoms with Crippen LogP contribution < -0.4 is 4.74 Å². The van der Waals surface area contributed by atoms with Crippen LogP contribution >= 0.6 is 0 Å². The first-order chi connectivity index (χ1) is 16.4. The van der Waals surface area contributed by atoms with Crippen LogP contribution in [0.3, 0.4) is 0 Å². The molecule has 9 heteroatoms. The Labute approximate surface area is 191 Å². The van der Waals surface area contributed by atoms with E-state index in [1.807, 2.05) is 13.0 Å². The molecule has 0 aliphatic rings. The topological polar surface area (TPSA) is 70.2 Å². The third kappa shape index (κ3) is 3.92. The van der Waals surface area contributed by atoms with Crippen LogP contribution in [-0.4, -0.2) is 20.8 Å². The van der Waals surface area contributed by atoms with E-state index in [-0.39, 0.29) is 18.2 Å². The first kappa shape index (κ1) is 21.4. The monoisotopic (exact) mass is 463 g/mol. The lowest BCUT2D eigenvalue weighted by molar-refractivity contribution is 0.101. The molecule has 170 valence electrons. The van der Waals surface area contributed by atoms with Gasteiger partial charge in [0.25, 0.3) is 0 Å². The summed E-state index contributed by atoms with van der Waals surface area (Å²) in [6, 6.07) is 15.1. The number of aryl methyl sites for hydroxylation is 1. The zero-order chi connectivity index (χ0) is 23.8.